The molecule has 0 fully saturated rings. The number of nitrogens with two attached hydrogens (primary N) is 1. The van der Waals surface area contributed by atoms with E-state index in [0.717, 1.165) is 16.7 Å². The standard InChI is InChI=1S/C24H22F2N4O4/c1-24(2,3)34-23(32)30-8-7-14-16(12-29(4)22(31)21(14)30)15-10-20(27)28-11-19(15)33-18-6-5-13(25)9-17(18)26/h5-12H,1-4H3,(H2,27,28). The molecule has 4 aromatic rings. The summed E-state index contributed by atoms with van der Waals surface area (Å²) in [7, 11) is 1.53. The normalized spacial score (nSPS) is 11.6. The van der Waals surface area contributed by atoms with Crippen LogP contribution in [0.3, 0.4) is 0 Å². The van der Waals surface area contributed by atoms with Crippen LogP contribution >= 0.6 is 0 Å². The number of aryl methyl sites for hydroxylation is 1. The predicted octanol–water partition coefficient (Wildman–Crippen LogP) is 4.84. The van der Waals surface area contributed by atoms with Crippen LogP contribution < -0.4 is 16.0 Å². The summed E-state index contributed by atoms with van der Waals surface area (Å²) in [6.07, 6.45) is 3.58. The molecule has 0 amide bonds. The van der Waals surface area contributed by atoms with Gasteiger partial charge in [-0.2, -0.15) is 0 Å². The molecule has 1 aromatic carbocycles. The minimum absolute atomic E-state index is 0.0866. The molecule has 0 saturated heterocycles. The molecule has 2 N–H and O–H groups in total. The van der Waals surface area contributed by atoms with Gasteiger partial charge in [-0.15, -0.1) is 0 Å². The zero-order valence-corrected chi connectivity index (χ0v) is 18.9. The Morgan fingerprint density at radius 2 is 1.82 bits per heavy atom. The van der Waals surface area contributed by atoms with Gasteiger partial charge in [0.25, 0.3) is 5.56 Å². The molecule has 176 valence electrons. The molecule has 4 rings (SSSR count). The summed E-state index contributed by atoms with van der Waals surface area (Å²) in [4.78, 5) is 29.7. The molecule has 0 saturated carbocycles. The maximum Gasteiger partial charge on any atom is 0.419 e. The average Bonchev–Trinajstić information content (AvgIpc) is 3.18. The van der Waals surface area contributed by atoms with Gasteiger partial charge in [0, 0.05) is 42.0 Å². The number of carbonyl (C=O) groups is 1. The van der Waals surface area contributed by atoms with Crippen molar-refractivity contribution in [2.75, 3.05) is 5.73 Å². The molecule has 0 unspecified atom stereocenters. The lowest BCUT2D eigenvalue weighted by molar-refractivity contribution is 0.0544. The van der Waals surface area contributed by atoms with E-state index in [9.17, 15) is 18.4 Å². The van der Waals surface area contributed by atoms with E-state index in [-0.39, 0.29) is 22.8 Å². The average molecular weight is 468 g/mol. The third-order valence-corrected chi connectivity index (χ3v) is 4.90. The van der Waals surface area contributed by atoms with Crippen molar-refractivity contribution in [3.63, 3.8) is 0 Å². The molecule has 0 spiro atoms. The number of aromatic nitrogens is 3. The van der Waals surface area contributed by atoms with Crippen LogP contribution in [-0.2, 0) is 11.8 Å². The first-order valence-corrected chi connectivity index (χ1v) is 10.3. The van der Waals surface area contributed by atoms with Gasteiger partial charge in [0.05, 0.1) is 6.20 Å². The Hall–Kier alpha value is -4.21. The van der Waals surface area contributed by atoms with E-state index in [2.05, 4.69) is 4.98 Å². The van der Waals surface area contributed by atoms with Crippen LogP contribution in [0.15, 0.2) is 53.7 Å². The zero-order valence-electron chi connectivity index (χ0n) is 18.9. The van der Waals surface area contributed by atoms with E-state index in [0.29, 0.717) is 22.6 Å². The van der Waals surface area contributed by atoms with Crippen LogP contribution in [0.5, 0.6) is 11.5 Å². The molecule has 3 heterocycles. The number of carbonyl (C=O) groups excluding carboxylic acids is 1. The summed E-state index contributed by atoms with van der Waals surface area (Å²) in [5, 5.41) is 0.420. The number of nitrogens with zero attached hydrogens (tertiary/aromatic N) is 3. The van der Waals surface area contributed by atoms with E-state index in [1.807, 2.05) is 0 Å². The lowest BCUT2D eigenvalue weighted by Crippen LogP contribution is -2.29. The summed E-state index contributed by atoms with van der Waals surface area (Å²) < 4.78 is 41.1. The Morgan fingerprint density at radius 1 is 1.09 bits per heavy atom. The quantitative estimate of drug-likeness (QED) is 0.462. The van der Waals surface area contributed by atoms with Crippen LogP contribution in [0.25, 0.3) is 22.0 Å². The number of halogens is 2. The van der Waals surface area contributed by atoms with Crippen LogP contribution in [0.1, 0.15) is 20.8 Å². The third kappa shape index (κ3) is 4.34. The number of nitrogen functional groups attached to an aromatic ring is 1. The number of rotatable bonds is 3. The Bertz CT molecular complexity index is 1490. The molecular formula is C24H22F2N4O4. The molecular weight excluding hydrogens is 446 g/mol. The van der Waals surface area contributed by atoms with Crippen molar-refractivity contribution in [2.24, 2.45) is 7.05 Å². The van der Waals surface area contributed by atoms with Crippen LogP contribution in [0, 0.1) is 11.6 Å². The van der Waals surface area contributed by atoms with Gasteiger partial charge in [-0.3, -0.25) is 4.79 Å². The summed E-state index contributed by atoms with van der Waals surface area (Å²) in [6.45, 7) is 5.16. The second-order valence-corrected chi connectivity index (χ2v) is 8.67. The topological polar surface area (TPSA) is 101 Å². The van der Waals surface area contributed by atoms with Gasteiger partial charge < -0.3 is 19.8 Å². The number of pyridine rings is 2. The number of ether oxygens (including phenoxy) is 2. The van der Waals surface area contributed by atoms with E-state index in [1.54, 1.807) is 33.0 Å². The highest BCUT2D eigenvalue weighted by atomic mass is 19.1. The highest BCUT2D eigenvalue weighted by Crippen LogP contribution is 2.38. The first-order valence-electron chi connectivity index (χ1n) is 10.3. The van der Waals surface area contributed by atoms with Crippen molar-refractivity contribution in [3.8, 4) is 22.6 Å². The minimum atomic E-state index is -0.899. The molecule has 3 aromatic heterocycles. The van der Waals surface area contributed by atoms with E-state index in [4.69, 9.17) is 15.2 Å². The molecule has 8 nitrogen and oxygen atoms in total. The second-order valence-electron chi connectivity index (χ2n) is 8.67. The molecule has 0 aliphatic heterocycles. The monoisotopic (exact) mass is 468 g/mol. The van der Waals surface area contributed by atoms with Crippen molar-refractivity contribution in [1.82, 2.24) is 14.1 Å². The second kappa shape index (κ2) is 8.29. The Kier molecular flexibility index (Phi) is 5.60. The van der Waals surface area contributed by atoms with Crippen molar-refractivity contribution in [2.45, 2.75) is 26.4 Å². The first-order chi connectivity index (χ1) is 15.9. The van der Waals surface area contributed by atoms with Gasteiger partial charge in [-0.25, -0.2) is 23.1 Å². The van der Waals surface area contributed by atoms with Crippen LogP contribution in [0.2, 0.25) is 0 Å². The number of anilines is 1. The Morgan fingerprint density at radius 3 is 2.50 bits per heavy atom. The third-order valence-electron chi connectivity index (χ3n) is 4.90. The van der Waals surface area contributed by atoms with Gasteiger partial charge in [-0.05, 0) is 45.0 Å². The summed E-state index contributed by atoms with van der Waals surface area (Å²) in [6, 6.07) is 6.01. The van der Waals surface area contributed by atoms with Crippen molar-refractivity contribution < 1.29 is 23.0 Å². The van der Waals surface area contributed by atoms with E-state index >= 15 is 0 Å². The molecule has 0 radical (unpaired) electrons. The highest BCUT2D eigenvalue weighted by Gasteiger charge is 2.23. The van der Waals surface area contributed by atoms with E-state index < -0.39 is 28.9 Å². The highest BCUT2D eigenvalue weighted by molar-refractivity contribution is 5.99. The number of hydrogen-bond acceptors (Lipinski definition) is 6. The van der Waals surface area contributed by atoms with Crippen molar-refractivity contribution in [3.05, 3.63) is 70.9 Å². The molecule has 0 bridgehead atoms. The zero-order chi connectivity index (χ0) is 24.8. The van der Waals surface area contributed by atoms with Gasteiger partial charge >= 0.3 is 6.09 Å². The summed E-state index contributed by atoms with van der Waals surface area (Å²) >= 11 is 0. The smallest absolute Gasteiger partial charge is 0.419 e. The number of hydrogen-bond donors (Lipinski definition) is 1. The predicted molar refractivity (Wildman–Crippen MR) is 123 cm³/mol. The van der Waals surface area contributed by atoms with Gasteiger partial charge in [-0.1, -0.05) is 0 Å². The fourth-order valence-corrected chi connectivity index (χ4v) is 3.46. The lowest BCUT2D eigenvalue weighted by Gasteiger charge is -2.20. The van der Waals surface area contributed by atoms with E-state index in [1.165, 1.54) is 30.1 Å². The van der Waals surface area contributed by atoms with Gasteiger partial charge in [0.1, 0.15) is 22.8 Å². The lowest BCUT2D eigenvalue weighted by atomic mass is 10.0. The number of fused-ring (bicyclic) bond motifs is 1. The molecule has 0 aliphatic rings. The van der Waals surface area contributed by atoms with Crippen molar-refractivity contribution >= 4 is 22.8 Å². The molecule has 10 heteroatoms. The minimum Gasteiger partial charge on any atom is -0.452 e. The number of benzene rings is 1. The molecule has 0 aliphatic carbocycles. The van der Waals surface area contributed by atoms with Gasteiger partial charge in [0.15, 0.2) is 17.3 Å². The SMILES string of the molecule is Cn1cc(-c2cc(N)ncc2Oc2ccc(F)cc2F)c2ccn(C(=O)OC(C)(C)C)c2c1=O. The Balaban J connectivity index is 1.91. The van der Waals surface area contributed by atoms with Gasteiger partial charge in [0.2, 0.25) is 0 Å². The summed E-state index contributed by atoms with van der Waals surface area (Å²) in [5.41, 5.74) is 5.66. The largest absolute Gasteiger partial charge is 0.452 e. The molecule has 0 atom stereocenters. The van der Waals surface area contributed by atoms with Crippen LogP contribution in [0.4, 0.5) is 19.4 Å². The van der Waals surface area contributed by atoms with Crippen LogP contribution in [-0.4, -0.2) is 25.8 Å². The maximum atomic E-state index is 14.2. The molecule has 34 heavy (non-hydrogen) atoms. The first kappa shape index (κ1) is 23.0. The maximum absolute atomic E-state index is 14.2. The summed E-state index contributed by atoms with van der Waals surface area (Å²) in [5.74, 6) is -1.60. The fourth-order valence-electron chi connectivity index (χ4n) is 3.46. The van der Waals surface area contributed by atoms with Crippen molar-refractivity contribution in [1.29, 1.82) is 0 Å². The fraction of sp³-hybridized carbons (Fsp3) is 0.208. The Labute approximate surface area is 193 Å².